The summed E-state index contributed by atoms with van der Waals surface area (Å²) >= 11 is 0. The van der Waals surface area contributed by atoms with Crippen LogP contribution in [0.2, 0.25) is 0 Å². The third kappa shape index (κ3) is 4.05. The molecule has 0 N–H and O–H groups in total. The molecule has 2 heterocycles. The number of nitrogens with zero attached hydrogens (tertiary/aromatic N) is 1. The van der Waals surface area contributed by atoms with Crippen LogP contribution in [-0.2, 0) is 22.8 Å². The van der Waals surface area contributed by atoms with Gasteiger partial charge in [-0.3, -0.25) is 4.90 Å². The summed E-state index contributed by atoms with van der Waals surface area (Å²) in [4.78, 5) is 3.31. The zero-order chi connectivity index (χ0) is 20.4. The van der Waals surface area contributed by atoms with Crippen molar-refractivity contribution in [2.24, 2.45) is 5.92 Å². The molecular weight excluding hydrogens is 386 g/mol. The van der Waals surface area contributed by atoms with Crippen LogP contribution >= 0.6 is 0 Å². The molecule has 0 aromatic heterocycles. The molecule has 1 fully saturated rings. The van der Waals surface area contributed by atoms with Crippen molar-refractivity contribution in [3.05, 3.63) is 64.6 Å². The van der Waals surface area contributed by atoms with E-state index in [9.17, 15) is 8.42 Å². The molecule has 0 atom stereocenters. The summed E-state index contributed by atoms with van der Waals surface area (Å²) in [7, 11) is -0.371. The SMILES string of the molecule is COc1cc2c(cc1OC)S(=O)(=O)C(=CC1CCN(Cc3ccccc3)CC1)C2. The first-order valence-electron chi connectivity index (χ1n) is 9.98. The van der Waals surface area contributed by atoms with Crippen molar-refractivity contribution in [3.8, 4) is 11.5 Å². The Labute approximate surface area is 172 Å². The highest BCUT2D eigenvalue weighted by Gasteiger charge is 2.34. The Kier molecular flexibility index (Phi) is 5.65. The highest BCUT2D eigenvalue weighted by molar-refractivity contribution is 7.95. The van der Waals surface area contributed by atoms with E-state index in [-0.39, 0.29) is 0 Å². The second-order valence-corrected chi connectivity index (χ2v) is 9.70. The Morgan fingerprint density at radius 1 is 1.03 bits per heavy atom. The molecule has 0 spiro atoms. The van der Waals surface area contributed by atoms with E-state index < -0.39 is 9.84 Å². The van der Waals surface area contributed by atoms with Crippen molar-refractivity contribution in [3.63, 3.8) is 0 Å². The van der Waals surface area contributed by atoms with Crippen LogP contribution in [0, 0.1) is 5.92 Å². The largest absolute Gasteiger partial charge is 0.493 e. The molecule has 0 unspecified atom stereocenters. The van der Waals surface area contributed by atoms with E-state index in [4.69, 9.17) is 9.47 Å². The maximum atomic E-state index is 13.1. The summed E-state index contributed by atoms with van der Waals surface area (Å²) in [5.74, 6) is 1.31. The number of benzene rings is 2. The Bertz CT molecular complexity index is 1010. The summed E-state index contributed by atoms with van der Waals surface area (Å²) in [5.41, 5.74) is 2.11. The van der Waals surface area contributed by atoms with Gasteiger partial charge in [-0.1, -0.05) is 36.4 Å². The monoisotopic (exact) mass is 413 g/mol. The fourth-order valence-electron chi connectivity index (χ4n) is 4.25. The first kappa shape index (κ1) is 20.0. The molecule has 0 amide bonds. The van der Waals surface area contributed by atoms with Crippen molar-refractivity contribution >= 4 is 9.84 Å². The first-order chi connectivity index (χ1) is 14.0. The van der Waals surface area contributed by atoms with Crippen molar-refractivity contribution in [2.45, 2.75) is 30.7 Å². The number of piperidine rings is 1. The molecule has 0 saturated carbocycles. The number of ether oxygens (including phenoxy) is 2. The summed E-state index contributed by atoms with van der Waals surface area (Å²) in [6.07, 6.45) is 4.39. The van der Waals surface area contributed by atoms with Gasteiger partial charge in [0.25, 0.3) is 0 Å². The third-order valence-electron chi connectivity index (χ3n) is 5.87. The summed E-state index contributed by atoms with van der Waals surface area (Å²) in [6.45, 7) is 2.92. The Balaban J connectivity index is 1.47. The molecule has 0 radical (unpaired) electrons. The van der Waals surface area contributed by atoms with Crippen molar-refractivity contribution in [2.75, 3.05) is 27.3 Å². The second kappa shape index (κ2) is 8.20. The zero-order valence-corrected chi connectivity index (χ0v) is 17.7. The lowest BCUT2D eigenvalue weighted by atomic mass is 9.95. The average molecular weight is 414 g/mol. The van der Waals surface area contributed by atoms with Crippen LogP contribution in [0.4, 0.5) is 0 Å². The Morgan fingerprint density at radius 2 is 1.69 bits per heavy atom. The molecule has 154 valence electrons. The minimum Gasteiger partial charge on any atom is -0.493 e. The molecular formula is C23H27NO4S. The zero-order valence-electron chi connectivity index (χ0n) is 16.9. The maximum Gasteiger partial charge on any atom is 0.203 e. The third-order valence-corrected chi connectivity index (χ3v) is 7.80. The van der Waals surface area contributed by atoms with Crippen LogP contribution < -0.4 is 9.47 Å². The molecule has 2 aliphatic heterocycles. The number of methoxy groups -OCH3 is 2. The lowest BCUT2D eigenvalue weighted by molar-refractivity contribution is 0.195. The molecule has 5 nitrogen and oxygen atoms in total. The molecule has 1 saturated heterocycles. The van der Waals surface area contributed by atoms with Gasteiger partial charge in [-0.2, -0.15) is 0 Å². The van der Waals surface area contributed by atoms with E-state index in [1.807, 2.05) is 12.1 Å². The Hall–Kier alpha value is -2.31. The smallest absolute Gasteiger partial charge is 0.203 e. The van der Waals surface area contributed by atoms with E-state index in [2.05, 4.69) is 29.2 Å². The van der Waals surface area contributed by atoms with Crippen LogP contribution in [0.1, 0.15) is 24.0 Å². The van der Waals surface area contributed by atoms with E-state index in [1.165, 1.54) is 12.7 Å². The van der Waals surface area contributed by atoms with Gasteiger partial charge in [-0.15, -0.1) is 0 Å². The lowest BCUT2D eigenvalue weighted by Crippen LogP contribution is -2.32. The van der Waals surface area contributed by atoms with Gasteiger partial charge in [0.05, 0.1) is 19.1 Å². The number of hydrogen-bond donors (Lipinski definition) is 0. The summed E-state index contributed by atoms with van der Waals surface area (Å²) in [6, 6.07) is 13.9. The highest BCUT2D eigenvalue weighted by atomic mass is 32.2. The van der Waals surface area contributed by atoms with Gasteiger partial charge >= 0.3 is 0 Å². The summed E-state index contributed by atoms with van der Waals surface area (Å²) in [5, 5.41) is 0. The van der Waals surface area contributed by atoms with Crippen LogP contribution in [0.5, 0.6) is 11.5 Å². The Morgan fingerprint density at radius 3 is 2.34 bits per heavy atom. The van der Waals surface area contributed by atoms with Crippen LogP contribution in [0.25, 0.3) is 0 Å². The van der Waals surface area contributed by atoms with Gasteiger partial charge < -0.3 is 9.47 Å². The number of sulfone groups is 1. The summed E-state index contributed by atoms with van der Waals surface area (Å²) < 4.78 is 36.7. The molecule has 6 heteroatoms. The molecule has 2 aromatic carbocycles. The number of likely N-dealkylation sites (tertiary alicyclic amines) is 1. The maximum absolute atomic E-state index is 13.1. The van der Waals surface area contributed by atoms with Gasteiger partial charge in [-0.25, -0.2) is 8.42 Å². The van der Waals surface area contributed by atoms with Gasteiger partial charge in [0.1, 0.15) is 0 Å². The topological polar surface area (TPSA) is 55.8 Å². The molecule has 0 bridgehead atoms. The van der Waals surface area contributed by atoms with Gasteiger partial charge in [0.15, 0.2) is 11.5 Å². The van der Waals surface area contributed by atoms with Crippen molar-refractivity contribution < 1.29 is 17.9 Å². The molecule has 2 aliphatic rings. The molecule has 4 rings (SSSR count). The quantitative estimate of drug-likeness (QED) is 0.746. The molecule has 2 aromatic rings. The predicted molar refractivity (Wildman–Crippen MR) is 113 cm³/mol. The number of hydrogen-bond acceptors (Lipinski definition) is 5. The highest BCUT2D eigenvalue weighted by Crippen LogP contribution is 2.41. The average Bonchev–Trinajstić information content (AvgIpc) is 2.98. The lowest BCUT2D eigenvalue weighted by Gasteiger charge is -2.30. The van der Waals surface area contributed by atoms with E-state index in [0.717, 1.165) is 38.0 Å². The van der Waals surface area contributed by atoms with E-state index >= 15 is 0 Å². The molecule has 29 heavy (non-hydrogen) atoms. The van der Waals surface area contributed by atoms with Crippen molar-refractivity contribution in [1.29, 1.82) is 0 Å². The fourth-order valence-corrected chi connectivity index (χ4v) is 5.98. The van der Waals surface area contributed by atoms with Crippen LogP contribution in [0.15, 0.2) is 58.3 Å². The van der Waals surface area contributed by atoms with E-state index in [0.29, 0.717) is 33.6 Å². The minimum absolute atomic E-state index is 0.296. The number of rotatable bonds is 5. The van der Waals surface area contributed by atoms with E-state index in [1.54, 1.807) is 19.2 Å². The minimum atomic E-state index is -3.45. The first-order valence-corrected chi connectivity index (χ1v) is 11.5. The van der Waals surface area contributed by atoms with Crippen LogP contribution in [-0.4, -0.2) is 40.6 Å². The number of allylic oxidation sites excluding steroid dienone is 2. The van der Waals surface area contributed by atoms with Crippen molar-refractivity contribution in [1.82, 2.24) is 4.90 Å². The fraction of sp³-hybridized carbons (Fsp3) is 0.391. The predicted octanol–water partition coefficient (Wildman–Crippen LogP) is 3.83. The molecule has 0 aliphatic carbocycles. The van der Waals surface area contributed by atoms with Gasteiger partial charge in [0.2, 0.25) is 9.84 Å². The normalized spacial score (nSPS) is 20.6. The van der Waals surface area contributed by atoms with Crippen LogP contribution in [0.3, 0.4) is 0 Å². The van der Waals surface area contributed by atoms with Gasteiger partial charge in [-0.05, 0) is 49.0 Å². The second-order valence-electron chi connectivity index (χ2n) is 7.73. The number of fused-ring (bicyclic) bond motifs is 1. The van der Waals surface area contributed by atoms with Gasteiger partial charge in [0, 0.05) is 23.9 Å². The standard InChI is InChI=1S/C23H27NO4S/c1-27-21-14-19-13-20(29(25,26)23(19)15-22(21)28-2)12-17-8-10-24(11-9-17)16-18-6-4-3-5-7-18/h3-7,12,14-15,17H,8-11,13,16H2,1-2H3.